The summed E-state index contributed by atoms with van der Waals surface area (Å²) >= 11 is 0. The summed E-state index contributed by atoms with van der Waals surface area (Å²) in [6.07, 6.45) is 0. The first-order valence-corrected chi connectivity index (χ1v) is 14.3. The van der Waals surface area contributed by atoms with Crippen LogP contribution >= 0.6 is 0 Å². The van der Waals surface area contributed by atoms with Gasteiger partial charge >= 0.3 is 11.9 Å². The Kier molecular flexibility index (Phi) is 9.83. The van der Waals surface area contributed by atoms with Gasteiger partial charge in [0.05, 0.1) is 39.6 Å². The molecule has 0 N–H and O–H groups in total. The number of esters is 2. The number of methoxy groups -OCH3 is 4. The van der Waals surface area contributed by atoms with Crippen molar-refractivity contribution >= 4 is 11.9 Å². The molecule has 6 heteroatoms. The number of carbonyl (C=O) groups excluding carboxylic acids is 2. The number of hydrogen-bond donors (Lipinski definition) is 0. The molecule has 46 heavy (non-hydrogen) atoms. The molecule has 5 aromatic rings. The highest BCUT2D eigenvalue weighted by molar-refractivity contribution is 5.98. The van der Waals surface area contributed by atoms with Gasteiger partial charge in [0.2, 0.25) is 0 Å². The summed E-state index contributed by atoms with van der Waals surface area (Å²) < 4.78 is 20.9. The van der Waals surface area contributed by atoms with Gasteiger partial charge in [0.1, 0.15) is 0 Å². The van der Waals surface area contributed by atoms with Gasteiger partial charge in [-0.2, -0.15) is 0 Å². The summed E-state index contributed by atoms with van der Waals surface area (Å²) in [6, 6.07) is 33.6. The molecular weight excluding hydrogens is 576 g/mol. The van der Waals surface area contributed by atoms with Gasteiger partial charge in [0, 0.05) is 34.4 Å². The zero-order valence-corrected chi connectivity index (χ0v) is 25.8. The molecule has 0 bridgehead atoms. The van der Waals surface area contributed by atoms with Crippen LogP contribution in [0, 0.1) is 23.7 Å². The largest absolute Gasteiger partial charge is 0.493 e. The monoisotopic (exact) mass is 606 g/mol. The quantitative estimate of drug-likeness (QED) is 0.148. The second-order valence-corrected chi connectivity index (χ2v) is 9.98. The molecule has 0 amide bonds. The highest BCUT2D eigenvalue weighted by Gasteiger charge is 2.14. The van der Waals surface area contributed by atoms with E-state index in [-0.39, 0.29) is 11.9 Å². The first-order valence-electron chi connectivity index (χ1n) is 14.3. The summed E-state index contributed by atoms with van der Waals surface area (Å²) in [6.45, 7) is 0. The van der Waals surface area contributed by atoms with Crippen molar-refractivity contribution in [2.75, 3.05) is 28.4 Å². The third kappa shape index (κ3) is 6.94. The molecule has 0 heterocycles. The molecular formula is C40H30O6. The van der Waals surface area contributed by atoms with Crippen LogP contribution in [0.3, 0.4) is 0 Å². The van der Waals surface area contributed by atoms with Crippen LogP contribution < -0.4 is 9.47 Å². The van der Waals surface area contributed by atoms with Gasteiger partial charge in [-0.05, 0) is 58.7 Å². The lowest BCUT2D eigenvalue weighted by atomic mass is 9.98. The maximum Gasteiger partial charge on any atom is 0.338 e. The van der Waals surface area contributed by atoms with Gasteiger partial charge in [-0.1, -0.05) is 84.3 Å². The standard InChI is InChI=1S/C40H30O6/c1-43-37-25-31(23-17-27-13-19-29(20-14-27)33-9-5-7-11-35(33)39(41)45-3)32(26-38(37)44-2)24-18-28-15-21-30(22-16-28)34-10-6-8-12-36(34)40(42)46-4/h5-16,19-22,25-26H,1-4H3. The first-order chi connectivity index (χ1) is 22.4. The van der Waals surface area contributed by atoms with Crippen LogP contribution in [0.5, 0.6) is 11.5 Å². The smallest absolute Gasteiger partial charge is 0.338 e. The van der Waals surface area contributed by atoms with E-state index in [0.29, 0.717) is 33.8 Å². The molecule has 0 aliphatic rings. The van der Waals surface area contributed by atoms with Gasteiger partial charge in [-0.15, -0.1) is 0 Å². The van der Waals surface area contributed by atoms with E-state index in [4.69, 9.17) is 18.9 Å². The fraction of sp³-hybridized carbons (Fsp3) is 0.100. The Morgan fingerprint density at radius 1 is 0.478 bits per heavy atom. The minimum Gasteiger partial charge on any atom is -0.493 e. The van der Waals surface area contributed by atoms with Gasteiger partial charge in [0.25, 0.3) is 0 Å². The Balaban J connectivity index is 1.45. The molecule has 0 radical (unpaired) electrons. The Hall–Kier alpha value is -6.24. The van der Waals surface area contributed by atoms with Crippen LogP contribution in [0.2, 0.25) is 0 Å². The second-order valence-electron chi connectivity index (χ2n) is 9.98. The fourth-order valence-corrected chi connectivity index (χ4v) is 4.88. The Bertz CT molecular complexity index is 1870. The summed E-state index contributed by atoms with van der Waals surface area (Å²) in [5, 5.41) is 0. The highest BCUT2D eigenvalue weighted by Crippen LogP contribution is 2.31. The lowest BCUT2D eigenvalue weighted by molar-refractivity contribution is 0.0592. The minimum absolute atomic E-state index is 0.388. The molecule has 0 aliphatic carbocycles. The van der Waals surface area contributed by atoms with Gasteiger partial charge in [0.15, 0.2) is 11.5 Å². The van der Waals surface area contributed by atoms with Crippen LogP contribution in [0.25, 0.3) is 22.3 Å². The predicted molar refractivity (Wildman–Crippen MR) is 178 cm³/mol. The SMILES string of the molecule is COC(=O)c1ccccc1-c1ccc(C#Cc2cc(OC)c(OC)cc2C#Cc2ccc(-c3ccccc3C(=O)OC)cc2)cc1. The maximum absolute atomic E-state index is 12.2. The summed E-state index contributed by atoms with van der Waals surface area (Å²) in [4.78, 5) is 24.5. The third-order valence-corrected chi connectivity index (χ3v) is 7.26. The molecule has 0 saturated carbocycles. The van der Waals surface area contributed by atoms with E-state index in [1.807, 2.05) is 84.9 Å². The van der Waals surface area contributed by atoms with Gasteiger partial charge in [-0.3, -0.25) is 0 Å². The molecule has 0 saturated heterocycles. The average molecular weight is 607 g/mol. The van der Waals surface area contributed by atoms with Gasteiger partial charge in [-0.25, -0.2) is 9.59 Å². The lowest BCUT2D eigenvalue weighted by Gasteiger charge is -2.09. The van der Waals surface area contributed by atoms with E-state index in [0.717, 1.165) is 33.4 Å². The number of ether oxygens (including phenoxy) is 4. The van der Waals surface area contributed by atoms with Gasteiger partial charge < -0.3 is 18.9 Å². The Morgan fingerprint density at radius 3 is 1.20 bits per heavy atom. The van der Waals surface area contributed by atoms with Crippen molar-refractivity contribution in [2.45, 2.75) is 0 Å². The zero-order valence-electron chi connectivity index (χ0n) is 25.8. The normalized spacial score (nSPS) is 10.0. The van der Waals surface area contributed by atoms with E-state index in [9.17, 15) is 9.59 Å². The lowest BCUT2D eigenvalue weighted by Crippen LogP contribution is -2.03. The second kappa shape index (κ2) is 14.5. The third-order valence-electron chi connectivity index (χ3n) is 7.26. The number of carbonyl (C=O) groups is 2. The van der Waals surface area contributed by atoms with Crippen LogP contribution in [-0.2, 0) is 9.47 Å². The highest BCUT2D eigenvalue weighted by atomic mass is 16.5. The topological polar surface area (TPSA) is 71.1 Å². The molecule has 0 atom stereocenters. The molecule has 0 aliphatic heterocycles. The van der Waals surface area contributed by atoms with Crippen molar-refractivity contribution in [3.05, 3.63) is 143 Å². The maximum atomic E-state index is 12.2. The van der Waals surface area contributed by atoms with Crippen LogP contribution in [0.15, 0.2) is 109 Å². The van der Waals surface area contributed by atoms with E-state index in [1.165, 1.54) is 14.2 Å². The molecule has 0 unspecified atom stereocenters. The van der Waals surface area contributed by atoms with Crippen molar-refractivity contribution in [3.8, 4) is 57.4 Å². The summed E-state index contributed by atoms with van der Waals surface area (Å²) in [5.74, 6) is 13.2. The molecule has 5 rings (SSSR count). The van der Waals surface area contributed by atoms with E-state index in [1.54, 1.807) is 38.5 Å². The van der Waals surface area contributed by atoms with E-state index in [2.05, 4.69) is 23.7 Å². The Morgan fingerprint density at radius 2 is 0.848 bits per heavy atom. The zero-order chi connectivity index (χ0) is 32.5. The predicted octanol–water partition coefficient (Wildman–Crippen LogP) is 7.41. The van der Waals surface area contributed by atoms with Crippen LogP contribution in [0.4, 0.5) is 0 Å². The number of hydrogen-bond acceptors (Lipinski definition) is 6. The fourth-order valence-electron chi connectivity index (χ4n) is 4.88. The molecule has 0 fully saturated rings. The molecule has 6 nitrogen and oxygen atoms in total. The van der Waals surface area contributed by atoms with Crippen molar-refractivity contribution < 1.29 is 28.5 Å². The first kappa shape index (κ1) is 31.2. The van der Waals surface area contributed by atoms with E-state index >= 15 is 0 Å². The van der Waals surface area contributed by atoms with Crippen LogP contribution in [0.1, 0.15) is 43.0 Å². The summed E-state index contributed by atoms with van der Waals surface area (Å²) in [5.41, 5.74) is 7.25. The van der Waals surface area contributed by atoms with E-state index < -0.39 is 0 Å². The number of benzene rings is 5. The van der Waals surface area contributed by atoms with Crippen LogP contribution in [-0.4, -0.2) is 40.4 Å². The van der Waals surface area contributed by atoms with Crippen molar-refractivity contribution in [1.82, 2.24) is 0 Å². The summed E-state index contributed by atoms with van der Waals surface area (Å²) in [7, 11) is 5.89. The average Bonchev–Trinajstić information content (AvgIpc) is 3.12. The molecule has 0 spiro atoms. The molecule has 5 aromatic carbocycles. The van der Waals surface area contributed by atoms with Crippen molar-refractivity contribution in [3.63, 3.8) is 0 Å². The van der Waals surface area contributed by atoms with Crippen molar-refractivity contribution in [1.29, 1.82) is 0 Å². The molecule has 0 aromatic heterocycles. The number of rotatable bonds is 6. The minimum atomic E-state index is -0.388. The molecule has 226 valence electrons. The van der Waals surface area contributed by atoms with Crippen molar-refractivity contribution in [2.24, 2.45) is 0 Å². The Labute approximate surface area is 268 Å².